The lowest BCUT2D eigenvalue weighted by molar-refractivity contribution is -0.313. The summed E-state index contributed by atoms with van der Waals surface area (Å²) in [6.07, 6.45) is 1.91. The van der Waals surface area contributed by atoms with E-state index in [0.29, 0.717) is 38.5 Å². The number of carbonyl (C=O) groups excluding carboxylic acids is 6. The summed E-state index contributed by atoms with van der Waals surface area (Å²) >= 11 is 0. The van der Waals surface area contributed by atoms with Crippen molar-refractivity contribution in [1.82, 2.24) is 0 Å². The molecule has 0 aromatic carbocycles. The van der Waals surface area contributed by atoms with E-state index in [1.165, 1.54) is 33.3 Å². The van der Waals surface area contributed by atoms with E-state index in [9.17, 15) is 38.7 Å². The highest BCUT2D eigenvalue weighted by atomic mass is 16.7. The van der Waals surface area contributed by atoms with Gasteiger partial charge in [-0.1, -0.05) is 46.3 Å². The van der Waals surface area contributed by atoms with Crippen LogP contribution in [0.3, 0.4) is 0 Å². The summed E-state index contributed by atoms with van der Waals surface area (Å²) in [5.74, 6) is -4.39. The Labute approximate surface area is 376 Å². The Kier molecular flexibility index (Phi) is 13.9. The molecule has 64 heavy (non-hydrogen) atoms. The van der Waals surface area contributed by atoms with Gasteiger partial charge in [-0.2, -0.15) is 0 Å². The third-order valence-electron chi connectivity index (χ3n) is 17.1. The molecule has 16 nitrogen and oxygen atoms in total. The maximum Gasteiger partial charge on any atom is 0.310 e. The van der Waals surface area contributed by atoms with Crippen LogP contribution in [0.1, 0.15) is 140 Å². The lowest BCUT2D eigenvalue weighted by Crippen LogP contribution is -2.66. The zero-order chi connectivity index (χ0) is 47.4. The average Bonchev–Trinajstić information content (AvgIpc) is 3.18. The maximum absolute atomic E-state index is 13.6. The molecule has 0 bridgehead atoms. The highest BCUT2D eigenvalue weighted by Crippen LogP contribution is 2.76. The van der Waals surface area contributed by atoms with Gasteiger partial charge < -0.3 is 43.0 Å². The Hall–Kier alpha value is -4.05. The van der Waals surface area contributed by atoms with Crippen molar-refractivity contribution >= 4 is 41.8 Å². The molecule has 0 radical (unpaired) electrons. The van der Waals surface area contributed by atoms with Crippen molar-refractivity contribution in [3.63, 3.8) is 0 Å². The summed E-state index contributed by atoms with van der Waals surface area (Å²) in [5, 5.41) is 11.1. The minimum absolute atomic E-state index is 0.0427. The number of allylic oxidation sites excluding steroid dienone is 2. The first-order valence-corrected chi connectivity index (χ1v) is 22.9. The Morgan fingerprint density at radius 3 is 1.84 bits per heavy atom. The number of rotatable bonds is 12. The molecule has 0 aromatic rings. The highest BCUT2D eigenvalue weighted by molar-refractivity contribution is 5.77. The van der Waals surface area contributed by atoms with Crippen molar-refractivity contribution in [3.05, 3.63) is 11.6 Å². The number of carbonyl (C=O) groups is 7. The summed E-state index contributed by atoms with van der Waals surface area (Å²) in [6, 6.07) is 0. The van der Waals surface area contributed by atoms with Crippen molar-refractivity contribution in [2.45, 2.75) is 177 Å². The van der Waals surface area contributed by atoms with Gasteiger partial charge in [-0.3, -0.25) is 33.6 Å². The number of hydrogen-bond acceptors (Lipinski definition) is 15. The molecular weight excluding hydrogens is 833 g/mol. The molecule has 1 aliphatic heterocycles. The predicted molar refractivity (Wildman–Crippen MR) is 225 cm³/mol. The lowest BCUT2D eigenvalue weighted by Gasteiger charge is -2.71. The van der Waals surface area contributed by atoms with E-state index >= 15 is 0 Å². The third kappa shape index (κ3) is 8.82. The van der Waals surface area contributed by atoms with Gasteiger partial charge in [0.15, 0.2) is 24.6 Å². The summed E-state index contributed by atoms with van der Waals surface area (Å²) in [6.45, 7) is 18.6. The van der Waals surface area contributed by atoms with Crippen LogP contribution >= 0.6 is 0 Å². The number of carboxylic acid groups (broad SMARTS) is 1. The molecule has 0 amide bonds. The van der Waals surface area contributed by atoms with Gasteiger partial charge in [-0.25, -0.2) is 0 Å². The Bertz CT molecular complexity index is 1910. The largest absolute Gasteiger partial charge is 0.481 e. The SMILES string of the molecule is CC(=O)OC[C@H]1O[C@@H](OC[C@]2(C)CC[C@]3(C(=O)O)CC[C@]4(C)C(=CC[C@@H]5[C@@]6(C)CC[C@H](OC(C)=O)[C@@](C)(COC(C)=O)[C@@H]6CC[C@]54C)[C@@H]3C2)[C@H](OC(C)=O)[C@@H](OC(C)=O)[C@@H]1OC(C)=O. The number of ether oxygens (including phenoxy) is 8. The number of carboxylic acids is 1. The maximum atomic E-state index is 13.6. The summed E-state index contributed by atoms with van der Waals surface area (Å²) in [4.78, 5) is 87.3. The first-order valence-electron chi connectivity index (χ1n) is 22.9. The molecule has 1 saturated heterocycles. The number of hydrogen-bond donors (Lipinski definition) is 1. The summed E-state index contributed by atoms with van der Waals surface area (Å²) in [5.41, 5.74) is -1.75. The van der Waals surface area contributed by atoms with Crippen molar-refractivity contribution in [2.75, 3.05) is 19.8 Å². The third-order valence-corrected chi connectivity index (χ3v) is 17.1. The first kappa shape index (κ1) is 49.4. The van der Waals surface area contributed by atoms with Crippen LogP contribution in [0.4, 0.5) is 0 Å². The molecule has 4 saturated carbocycles. The predicted octanol–water partition coefficient (Wildman–Crippen LogP) is 6.43. The van der Waals surface area contributed by atoms with E-state index in [0.717, 1.165) is 39.5 Å². The van der Waals surface area contributed by atoms with E-state index < -0.39 is 82.9 Å². The number of fused-ring (bicyclic) bond motifs is 7. The van der Waals surface area contributed by atoms with Crippen LogP contribution in [-0.4, -0.2) is 104 Å². The number of esters is 6. The second-order valence-corrected chi connectivity index (χ2v) is 21.1. The fourth-order valence-corrected chi connectivity index (χ4v) is 13.9. The van der Waals surface area contributed by atoms with E-state index in [2.05, 4.69) is 40.7 Å². The summed E-state index contributed by atoms with van der Waals surface area (Å²) in [7, 11) is 0. The quantitative estimate of drug-likeness (QED) is 0.127. The first-order chi connectivity index (χ1) is 29.7. The Morgan fingerprint density at radius 1 is 0.656 bits per heavy atom. The molecule has 1 heterocycles. The monoisotopic (exact) mass is 902 g/mol. The molecule has 1 N–H and O–H groups in total. The fraction of sp³-hybridized carbons (Fsp3) is 0.812. The van der Waals surface area contributed by atoms with Gasteiger partial charge >= 0.3 is 41.8 Å². The van der Waals surface area contributed by atoms with Crippen molar-refractivity contribution < 1.29 is 76.6 Å². The average molecular weight is 903 g/mol. The number of aliphatic carboxylic acids is 1. The van der Waals surface area contributed by atoms with Gasteiger partial charge in [0.2, 0.25) is 0 Å². The van der Waals surface area contributed by atoms with Crippen LogP contribution in [0.25, 0.3) is 0 Å². The zero-order valence-corrected chi connectivity index (χ0v) is 39.5. The normalized spacial score (nSPS) is 42.4. The highest BCUT2D eigenvalue weighted by Gasteiger charge is 2.70. The second kappa shape index (κ2) is 18.0. The van der Waals surface area contributed by atoms with Gasteiger partial charge in [0.1, 0.15) is 25.4 Å². The van der Waals surface area contributed by atoms with Crippen LogP contribution in [-0.2, 0) is 71.5 Å². The van der Waals surface area contributed by atoms with E-state index in [-0.39, 0.29) is 65.8 Å². The van der Waals surface area contributed by atoms with Crippen LogP contribution in [0.15, 0.2) is 11.6 Å². The molecule has 0 spiro atoms. The van der Waals surface area contributed by atoms with Crippen molar-refractivity contribution in [1.29, 1.82) is 0 Å². The van der Waals surface area contributed by atoms with E-state index in [4.69, 9.17) is 37.9 Å². The zero-order valence-electron chi connectivity index (χ0n) is 39.5. The van der Waals surface area contributed by atoms with Gasteiger partial charge in [-0.05, 0) is 104 Å². The van der Waals surface area contributed by atoms with Crippen molar-refractivity contribution in [2.24, 2.45) is 50.2 Å². The second-order valence-electron chi connectivity index (χ2n) is 21.1. The molecule has 5 aliphatic carbocycles. The minimum Gasteiger partial charge on any atom is -0.481 e. The molecule has 5 fully saturated rings. The Morgan fingerprint density at radius 2 is 1.25 bits per heavy atom. The standard InChI is InChI=1S/C48H70O16/c1-26(49)57-23-34-38(61-29(4)52)39(62-30(5)53)40(63-31(6)54)41(64-34)59-24-43(7)18-20-48(42(55)56)21-19-46(10)32(33(48)22-43)12-13-36-44(8)16-15-37(60-28(3)51)45(9,25-58-27(2)50)35(44)14-17-47(36,46)11/h12,33-41H,13-25H2,1-11H3,(H,55,56)/t33-,34+,35+,36+,37-,38+,39-,40+,41+,43+,44-,45-,46+,47+,48-/m0/s1. The molecule has 358 valence electrons. The molecule has 6 rings (SSSR count). The lowest BCUT2D eigenvalue weighted by atomic mass is 9.33. The molecule has 0 unspecified atom stereocenters. The minimum atomic E-state index is -1.38. The Balaban J connectivity index is 1.31. The molecule has 6 aliphatic rings. The molecule has 15 atom stereocenters. The topological polar surface area (TPSA) is 214 Å². The van der Waals surface area contributed by atoms with Crippen LogP contribution < -0.4 is 0 Å². The molecular formula is C48H70O16. The van der Waals surface area contributed by atoms with Crippen molar-refractivity contribution in [3.8, 4) is 0 Å². The molecule has 0 aromatic heterocycles. The summed E-state index contributed by atoms with van der Waals surface area (Å²) < 4.78 is 46.6. The smallest absolute Gasteiger partial charge is 0.310 e. The van der Waals surface area contributed by atoms with Gasteiger partial charge in [0, 0.05) is 47.0 Å². The van der Waals surface area contributed by atoms with Gasteiger partial charge in [0.25, 0.3) is 0 Å². The van der Waals surface area contributed by atoms with Crippen LogP contribution in [0, 0.1) is 50.2 Å². The van der Waals surface area contributed by atoms with E-state index in [1.807, 2.05) is 0 Å². The van der Waals surface area contributed by atoms with E-state index in [1.54, 1.807) is 0 Å². The fourth-order valence-electron chi connectivity index (χ4n) is 13.9. The van der Waals surface area contributed by atoms with Gasteiger partial charge in [-0.15, -0.1) is 0 Å². The van der Waals surface area contributed by atoms with Crippen LogP contribution in [0.2, 0.25) is 0 Å². The molecule has 16 heteroatoms. The van der Waals surface area contributed by atoms with Crippen LogP contribution in [0.5, 0.6) is 0 Å². The van der Waals surface area contributed by atoms with Gasteiger partial charge in [0.05, 0.1) is 12.0 Å².